The monoisotopic (exact) mass is 416 g/mol. The highest BCUT2D eigenvalue weighted by Crippen LogP contribution is 2.38. The van der Waals surface area contributed by atoms with Gasteiger partial charge in [-0.25, -0.2) is 4.79 Å². The number of phenolic OH excluding ortho intramolecular Hbond substituents is 2. The number of aromatic hydroxyl groups is 2. The van der Waals surface area contributed by atoms with Crippen LogP contribution in [-0.2, 0) is 9.53 Å². The first-order valence-electron chi connectivity index (χ1n) is 8.84. The SMILES string of the molecule is COc1cc(/C=C/COC(=O)/C=C/c2cc(OC)c(O)c(OC)c2)cc(OC)c1O. The van der Waals surface area contributed by atoms with Gasteiger partial charge in [0.25, 0.3) is 0 Å². The Morgan fingerprint density at radius 1 is 0.767 bits per heavy atom. The Bertz CT molecular complexity index is 896. The Kier molecular flexibility index (Phi) is 7.99. The number of rotatable bonds is 9. The second kappa shape index (κ2) is 10.7. The molecule has 0 saturated heterocycles. The van der Waals surface area contributed by atoms with Crippen molar-refractivity contribution in [3.8, 4) is 34.5 Å². The number of methoxy groups -OCH3 is 4. The van der Waals surface area contributed by atoms with Crippen LogP contribution in [0.3, 0.4) is 0 Å². The lowest BCUT2D eigenvalue weighted by Gasteiger charge is -2.09. The zero-order valence-electron chi connectivity index (χ0n) is 17.2. The second-order valence-corrected chi connectivity index (χ2v) is 5.91. The molecule has 2 aromatic rings. The van der Waals surface area contributed by atoms with Gasteiger partial charge in [0.15, 0.2) is 23.0 Å². The van der Waals surface area contributed by atoms with E-state index < -0.39 is 5.97 Å². The van der Waals surface area contributed by atoms with Gasteiger partial charge in [0, 0.05) is 6.08 Å². The van der Waals surface area contributed by atoms with Crippen LogP contribution in [0, 0.1) is 0 Å². The van der Waals surface area contributed by atoms with E-state index in [0.29, 0.717) is 11.1 Å². The van der Waals surface area contributed by atoms with E-state index in [-0.39, 0.29) is 41.1 Å². The Morgan fingerprint density at radius 2 is 1.17 bits per heavy atom. The summed E-state index contributed by atoms with van der Waals surface area (Å²) in [5, 5.41) is 19.8. The van der Waals surface area contributed by atoms with E-state index in [1.54, 1.807) is 36.4 Å². The molecule has 0 heterocycles. The van der Waals surface area contributed by atoms with Crippen molar-refractivity contribution in [2.24, 2.45) is 0 Å². The molecule has 0 aliphatic heterocycles. The van der Waals surface area contributed by atoms with Gasteiger partial charge in [-0.1, -0.05) is 6.08 Å². The smallest absolute Gasteiger partial charge is 0.331 e. The van der Waals surface area contributed by atoms with Gasteiger partial charge in [-0.05, 0) is 47.5 Å². The Morgan fingerprint density at radius 3 is 1.57 bits per heavy atom. The number of benzene rings is 2. The normalized spacial score (nSPS) is 10.9. The van der Waals surface area contributed by atoms with Crippen molar-refractivity contribution >= 4 is 18.1 Å². The molecule has 0 unspecified atom stereocenters. The third-order valence-corrected chi connectivity index (χ3v) is 4.05. The fraction of sp³-hybridized carbons (Fsp3) is 0.227. The maximum absolute atomic E-state index is 11.9. The molecule has 0 fully saturated rings. The molecule has 160 valence electrons. The third-order valence-electron chi connectivity index (χ3n) is 4.05. The van der Waals surface area contributed by atoms with E-state index in [9.17, 15) is 15.0 Å². The van der Waals surface area contributed by atoms with Gasteiger partial charge in [-0.3, -0.25) is 0 Å². The number of ether oxygens (including phenoxy) is 5. The lowest BCUT2D eigenvalue weighted by atomic mass is 10.1. The van der Waals surface area contributed by atoms with E-state index in [1.165, 1.54) is 40.6 Å². The Labute approximate surface area is 174 Å². The van der Waals surface area contributed by atoms with Crippen LogP contribution >= 0.6 is 0 Å². The molecule has 2 aromatic carbocycles. The van der Waals surface area contributed by atoms with Crippen molar-refractivity contribution in [3.05, 3.63) is 47.5 Å². The van der Waals surface area contributed by atoms with Gasteiger partial charge in [-0.15, -0.1) is 0 Å². The first-order valence-corrected chi connectivity index (χ1v) is 8.84. The fourth-order valence-corrected chi connectivity index (χ4v) is 2.55. The summed E-state index contributed by atoms with van der Waals surface area (Å²) >= 11 is 0. The highest BCUT2D eigenvalue weighted by Gasteiger charge is 2.11. The summed E-state index contributed by atoms with van der Waals surface area (Å²) in [7, 11) is 5.72. The van der Waals surface area contributed by atoms with Gasteiger partial charge < -0.3 is 33.9 Å². The van der Waals surface area contributed by atoms with E-state index >= 15 is 0 Å². The Hall–Kier alpha value is -3.81. The zero-order chi connectivity index (χ0) is 22.1. The Balaban J connectivity index is 1.99. The maximum atomic E-state index is 11.9. The van der Waals surface area contributed by atoms with E-state index in [2.05, 4.69) is 0 Å². The molecular formula is C22H24O8. The van der Waals surface area contributed by atoms with Crippen LogP contribution < -0.4 is 18.9 Å². The predicted molar refractivity (Wildman–Crippen MR) is 111 cm³/mol. The molecule has 0 aromatic heterocycles. The van der Waals surface area contributed by atoms with Crippen molar-refractivity contribution in [3.63, 3.8) is 0 Å². The van der Waals surface area contributed by atoms with Crippen LogP contribution in [0.25, 0.3) is 12.2 Å². The van der Waals surface area contributed by atoms with E-state index in [0.717, 1.165) is 0 Å². The topological polar surface area (TPSA) is 104 Å². The molecule has 2 rings (SSSR count). The minimum absolute atomic E-state index is 0.0386. The molecule has 2 N–H and O–H groups in total. The summed E-state index contributed by atoms with van der Waals surface area (Å²) in [5.74, 6) is 0.243. The lowest BCUT2D eigenvalue weighted by Crippen LogP contribution is -2.00. The van der Waals surface area contributed by atoms with Gasteiger partial charge in [0.2, 0.25) is 11.5 Å². The molecule has 0 radical (unpaired) electrons. The number of carbonyl (C=O) groups excluding carboxylic acids is 1. The highest BCUT2D eigenvalue weighted by molar-refractivity contribution is 5.87. The summed E-state index contributed by atoms with van der Waals surface area (Å²) in [6, 6.07) is 6.38. The first-order chi connectivity index (χ1) is 14.4. The number of hydrogen-bond donors (Lipinski definition) is 2. The largest absolute Gasteiger partial charge is 0.502 e. The number of hydrogen-bond acceptors (Lipinski definition) is 8. The molecule has 0 amide bonds. The molecule has 0 aliphatic carbocycles. The summed E-state index contributed by atoms with van der Waals surface area (Å²) in [6.07, 6.45) is 6.12. The molecule has 0 saturated carbocycles. The van der Waals surface area contributed by atoms with Crippen molar-refractivity contribution < 1.29 is 38.7 Å². The molecule has 0 bridgehead atoms. The first kappa shape index (κ1) is 22.5. The van der Waals surface area contributed by atoms with E-state index in [1.807, 2.05) is 0 Å². The van der Waals surface area contributed by atoms with Crippen LogP contribution in [0.15, 0.2) is 36.4 Å². The highest BCUT2D eigenvalue weighted by atomic mass is 16.5. The van der Waals surface area contributed by atoms with Crippen LogP contribution in [0.5, 0.6) is 34.5 Å². The lowest BCUT2D eigenvalue weighted by molar-refractivity contribution is -0.136. The average molecular weight is 416 g/mol. The van der Waals surface area contributed by atoms with Crippen LogP contribution in [0.4, 0.5) is 0 Å². The minimum atomic E-state index is -0.550. The van der Waals surface area contributed by atoms with Gasteiger partial charge >= 0.3 is 5.97 Å². The molecule has 0 atom stereocenters. The van der Waals surface area contributed by atoms with Gasteiger partial charge in [0.05, 0.1) is 28.4 Å². The third kappa shape index (κ3) is 5.60. The summed E-state index contributed by atoms with van der Waals surface area (Å²) in [6.45, 7) is 0.0386. The van der Waals surface area contributed by atoms with E-state index in [4.69, 9.17) is 23.7 Å². The van der Waals surface area contributed by atoms with Crippen LogP contribution in [0.2, 0.25) is 0 Å². The molecule has 8 heteroatoms. The van der Waals surface area contributed by atoms with Crippen molar-refractivity contribution in [2.75, 3.05) is 35.0 Å². The van der Waals surface area contributed by atoms with Crippen LogP contribution in [0.1, 0.15) is 11.1 Å². The molecule has 0 spiro atoms. The standard InChI is InChI=1S/C22H24O8/c1-26-16-10-14(11-17(27-2)21(16)24)6-5-9-30-20(23)8-7-15-12-18(28-3)22(25)19(13-15)29-4/h5-8,10-13,24-25H,9H2,1-4H3/b6-5+,8-7+. The van der Waals surface area contributed by atoms with Gasteiger partial charge in [0.1, 0.15) is 6.61 Å². The summed E-state index contributed by atoms with van der Waals surface area (Å²) < 4.78 is 25.5. The van der Waals surface area contributed by atoms with Crippen LogP contribution in [-0.4, -0.2) is 51.2 Å². The maximum Gasteiger partial charge on any atom is 0.331 e. The number of esters is 1. The quantitative estimate of drug-likeness (QED) is 0.474. The molecule has 8 nitrogen and oxygen atoms in total. The van der Waals surface area contributed by atoms with Gasteiger partial charge in [-0.2, -0.15) is 0 Å². The molecule has 30 heavy (non-hydrogen) atoms. The minimum Gasteiger partial charge on any atom is -0.502 e. The molecular weight excluding hydrogens is 392 g/mol. The second-order valence-electron chi connectivity index (χ2n) is 5.91. The zero-order valence-corrected chi connectivity index (χ0v) is 17.2. The van der Waals surface area contributed by atoms with Crippen molar-refractivity contribution in [1.82, 2.24) is 0 Å². The average Bonchev–Trinajstić information content (AvgIpc) is 2.76. The summed E-state index contributed by atoms with van der Waals surface area (Å²) in [5.41, 5.74) is 1.30. The number of carbonyl (C=O) groups is 1. The summed E-state index contributed by atoms with van der Waals surface area (Å²) in [4.78, 5) is 11.9. The van der Waals surface area contributed by atoms with Crippen molar-refractivity contribution in [2.45, 2.75) is 0 Å². The number of phenols is 2. The van der Waals surface area contributed by atoms with Crippen molar-refractivity contribution in [1.29, 1.82) is 0 Å². The fourth-order valence-electron chi connectivity index (χ4n) is 2.55. The predicted octanol–water partition coefficient (Wildman–Crippen LogP) is 3.40. The molecule has 0 aliphatic rings.